The minimum absolute atomic E-state index is 0.830. The monoisotopic (exact) mass is 339 g/mol. The molecule has 0 bridgehead atoms. The molecule has 1 aromatic heterocycles. The summed E-state index contributed by atoms with van der Waals surface area (Å²) in [5, 5.41) is 0. The van der Waals surface area contributed by atoms with Crippen LogP contribution in [-0.4, -0.2) is 11.6 Å². The first kappa shape index (κ1) is 19.5. The van der Waals surface area contributed by atoms with E-state index in [4.69, 9.17) is 4.74 Å². The van der Waals surface area contributed by atoms with E-state index in [-0.39, 0.29) is 0 Å². The molecule has 0 fully saturated rings. The maximum atomic E-state index is 5.83. The normalized spacial score (nSPS) is 10.8. The molecule has 0 aliphatic heterocycles. The minimum atomic E-state index is 0.830. The van der Waals surface area contributed by atoms with Gasteiger partial charge in [-0.3, -0.25) is 4.98 Å². The number of nitrogens with zero attached hydrogens (tertiary/aromatic N) is 1. The summed E-state index contributed by atoms with van der Waals surface area (Å²) < 4.78 is 5.83. The molecule has 0 atom stereocenters. The van der Waals surface area contributed by atoms with Crippen molar-refractivity contribution < 1.29 is 4.74 Å². The molecule has 2 heteroatoms. The molecule has 0 amide bonds. The lowest BCUT2D eigenvalue weighted by Gasteiger charge is -2.07. The van der Waals surface area contributed by atoms with Crippen molar-refractivity contribution in [3.05, 3.63) is 59.4 Å². The van der Waals surface area contributed by atoms with E-state index in [0.717, 1.165) is 38.0 Å². The van der Waals surface area contributed by atoms with Crippen LogP contribution in [0.4, 0.5) is 0 Å². The van der Waals surface area contributed by atoms with Gasteiger partial charge in [0, 0.05) is 11.9 Å². The van der Waals surface area contributed by atoms with Crippen molar-refractivity contribution in [1.29, 1.82) is 0 Å². The average molecular weight is 340 g/mol. The summed E-state index contributed by atoms with van der Waals surface area (Å²) in [6, 6.07) is 12.9. The first-order valence-corrected chi connectivity index (χ1v) is 9.97. The van der Waals surface area contributed by atoms with Crippen LogP contribution in [0.3, 0.4) is 0 Å². The van der Waals surface area contributed by atoms with Gasteiger partial charge in [-0.2, -0.15) is 0 Å². The number of aromatic nitrogens is 1. The lowest BCUT2D eigenvalue weighted by atomic mass is 10.1. The molecule has 136 valence electrons. The fraction of sp³-hybridized carbons (Fsp3) is 0.522. The molecular weight excluding hydrogens is 306 g/mol. The van der Waals surface area contributed by atoms with Crippen molar-refractivity contribution in [2.24, 2.45) is 0 Å². The number of rotatable bonds is 12. The van der Waals surface area contributed by atoms with Crippen molar-refractivity contribution in [2.75, 3.05) is 6.61 Å². The van der Waals surface area contributed by atoms with E-state index < -0.39 is 0 Å². The van der Waals surface area contributed by atoms with E-state index in [9.17, 15) is 0 Å². The highest BCUT2D eigenvalue weighted by Gasteiger charge is 2.00. The van der Waals surface area contributed by atoms with Crippen LogP contribution in [0.2, 0.25) is 0 Å². The number of ether oxygens (including phenoxy) is 1. The molecule has 0 N–H and O–H groups in total. The van der Waals surface area contributed by atoms with Gasteiger partial charge in [-0.15, -0.1) is 0 Å². The number of pyridine rings is 1. The number of hydrogen-bond acceptors (Lipinski definition) is 2. The van der Waals surface area contributed by atoms with E-state index in [2.05, 4.69) is 55.2 Å². The Kier molecular flexibility index (Phi) is 9.11. The highest BCUT2D eigenvalue weighted by Crippen LogP contribution is 2.15. The van der Waals surface area contributed by atoms with Crippen molar-refractivity contribution >= 4 is 0 Å². The molecule has 25 heavy (non-hydrogen) atoms. The Morgan fingerprint density at radius 1 is 0.720 bits per heavy atom. The molecular formula is C23H33NO. The lowest BCUT2D eigenvalue weighted by molar-refractivity contribution is 0.304. The molecule has 0 saturated carbocycles. The summed E-state index contributed by atoms with van der Waals surface area (Å²) in [4.78, 5) is 4.58. The van der Waals surface area contributed by atoms with Crippen LogP contribution in [0.1, 0.15) is 69.2 Å². The zero-order valence-corrected chi connectivity index (χ0v) is 16.0. The van der Waals surface area contributed by atoms with Crippen LogP contribution in [0.25, 0.3) is 0 Å². The summed E-state index contributed by atoms with van der Waals surface area (Å²) in [7, 11) is 0. The van der Waals surface area contributed by atoms with Gasteiger partial charge < -0.3 is 4.74 Å². The average Bonchev–Trinajstić information content (AvgIpc) is 2.65. The highest BCUT2D eigenvalue weighted by molar-refractivity contribution is 5.28. The molecule has 2 aromatic rings. The number of aryl methyl sites for hydroxylation is 3. The number of benzene rings is 1. The molecule has 0 spiro atoms. The van der Waals surface area contributed by atoms with Gasteiger partial charge in [0.2, 0.25) is 0 Å². The molecule has 1 aromatic carbocycles. The Bertz CT molecular complexity index is 574. The Morgan fingerprint density at radius 3 is 2.16 bits per heavy atom. The van der Waals surface area contributed by atoms with Gasteiger partial charge in [-0.25, -0.2) is 0 Å². The maximum Gasteiger partial charge on any atom is 0.119 e. The second-order valence-corrected chi connectivity index (χ2v) is 6.81. The van der Waals surface area contributed by atoms with Gasteiger partial charge in [0.1, 0.15) is 5.75 Å². The Labute approximate surface area is 153 Å². The van der Waals surface area contributed by atoms with Crippen molar-refractivity contribution in [2.45, 2.75) is 71.6 Å². The lowest BCUT2D eigenvalue weighted by Crippen LogP contribution is -1.98. The predicted octanol–water partition coefficient (Wildman–Crippen LogP) is 6.17. The molecule has 0 radical (unpaired) electrons. The van der Waals surface area contributed by atoms with E-state index >= 15 is 0 Å². The van der Waals surface area contributed by atoms with Crippen LogP contribution in [0.5, 0.6) is 5.75 Å². The maximum absolute atomic E-state index is 5.83. The molecule has 1 heterocycles. The van der Waals surface area contributed by atoms with Crippen molar-refractivity contribution in [3.63, 3.8) is 0 Å². The summed E-state index contributed by atoms with van der Waals surface area (Å²) in [5.41, 5.74) is 3.85. The van der Waals surface area contributed by atoms with Gasteiger partial charge in [0.05, 0.1) is 6.61 Å². The third-order valence-electron chi connectivity index (χ3n) is 4.53. The first-order chi connectivity index (χ1) is 12.3. The summed E-state index contributed by atoms with van der Waals surface area (Å²) in [6.07, 6.45) is 12.7. The van der Waals surface area contributed by atoms with E-state index in [1.165, 1.54) is 48.9 Å². The zero-order chi connectivity index (χ0) is 17.7. The third-order valence-corrected chi connectivity index (χ3v) is 4.53. The summed E-state index contributed by atoms with van der Waals surface area (Å²) in [5.74, 6) is 0.987. The molecule has 0 aliphatic carbocycles. The van der Waals surface area contributed by atoms with E-state index in [1.807, 2.05) is 6.20 Å². The van der Waals surface area contributed by atoms with Gasteiger partial charge in [0.15, 0.2) is 0 Å². The SMILES string of the molecule is CCCCCCCOc1ccc(CCc2ccc(CCC)cn2)cc1. The van der Waals surface area contributed by atoms with Gasteiger partial charge in [0.25, 0.3) is 0 Å². The third kappa shape index (κ3) is 7.72. The molecule has 0 unspecified atom stereocenters. The second-order valence-electron chi connectivity index (χ2n) is 6.81. The van der Waals surface area contributed by atoms with Gasteiger partial charge in [-0.05, 0) is 55.0 Å². The van der Waals surface area contributed by atoms with Crippen LogP contribution in [0.15, 0.2) is 42.6 Å². The fourth-order valence-corrected chi connectivity index (χ4v) is 2.96. The molecule has 2 rings (SSSR count). The van der Waals surface area contributed by atoms with Gasteiger partial charge in [-0.1, -0.05) is 64.2 Å². The van der Waals surface area contributed by atoms with Crippen LogP contribution < -0.4 is 4.74 Å². The molecule has 0 aliphatic rings. The highest BCUT2D eigenvalue weighted by atomic mass is 16.5. The topological polar surface area (TPSA) is 22.1 Å². The standard InChI is InChI=1S/C23H33NO/c1-3-5-6-7-8-18-25-23-16-12-20(13-17-23)10-14-22-15-11-21(9-4-2)19-24-22/h11-13,15-17,19H,3-10,14,18H2,1-2H3. The fourth-order valence-electron chi connectivity index (χ4n) is 2.96. The first-order valence-electron chi connectivity index (χ1n) is 9.97. The van der Waals surface area contributed by atoms with Crippen LogP contribution in [-0.2, 0) is 19.3 Å². The van der Waals surface area contributed by atoms with Gasteiger partial charge >= 0.3 is 0 Å². The number of unbranched alkanes of at least 4 members (excludes halogenated alkanes) is 4. The van der Waals surface area contributed by atoms with Crippen LogP contribution in [0, 0.1) is 0 Å². The smallest absolute Gasteiger partial charge is 0.119 e. The van der Waals surface area contributed by atoms with Crippen molar-refractivity contribution in [1.82, 2.24) is 4.98 Å². The predicted molar refractivity (Wildman–Crippen MR) is 106 cm³/mol. The Balaban J connectivity index is 1.69. The van der Waals surface area contributed by atoms with Crippen molar-refractivity contribution in [3.8, 4) is 5.75 Å². The number of hydrogen-bond donors (Lipinski definition) is 0. The van der Waals surface area contributed by atoms with E-state index in [1.54, 1.807) is 0 Å². The summed E-state index contributed by atoms with van der Waals surface area (Å²) in [6.45, 7) is 5.28. The quantitative estimate of drug-likeness (QED) is 0.431. The molecule has 0 saturated heterocycles. The van der Waals surface area contributed by atoms with Crippen LogP contribution >= 0.6 is 0 Å². The Hall–Kier alpha value is -1.83. The Morgan fingerprint density at radius 2 is 1.48 bits per heavy atom. The molecule has 2 nitrogen and oxygen atoms in total. The second kappa shape index (κ2) is 11.7. The van der Waals surface area contributed by atoms with E-state index in [0.29, 0.717) is 0 Å². The minimum Gasteiger partial charge on any atom is -0.494 e. The zero-order valence-electron chi connectivity index (χ0n) is 16.0. The summed E-state index contributed by atoms with van der Waals surface area (Å²) >= 11 is 0. The largest absolute Gasteiger partial charge is 0.494 e.